The number of nitrogens with zero attached hydrogens (tertiary/aromatic N) is 6. The zero-order chi connectivity index (χ0) is 22.7. The van der Waals surface area contributed by atoms with Crippen molar-refractivity contribution in [1.29, 1.82) is 0 Å². The van der Waals surface area contributed by atoms with E-state index in [1.807, 2.05) is 54.5 Å². The zero-order valence-corrected chi connectivity index (χ0v) is 22.4. The second-order valence-electron chi connectivity index (χ2n) is 9.74. The third kappa shape index (κ3) is 6.70. The Balaban J connectivity index is 0.00000306. The summed E-state index contributed by atoms with van der Waals surface area (Å²) in [6.07, 6.45) is 6.02. The number of ether oxygens (including phenoxy) is 1. The Morgan fingerprint density at radius 1 is 1.21 bits per heavy atom. The average Bonchev–Trinajstić information content (AvgIpc) is 3.50. The minimum Gasteiger partial charge on any atom is -0.444 e. The molecule has 1 aliphatic carbocycles. The van der Waals surface area contributed by atoms with Crippen LogP contribution in [0.25, 0.3) is 5.65 Å². The van der Waals surface area contributed by atoms with Crippen LogP contribution in [0.3, 0.4) is 0 Å². The van der Waals surface area contributed by atoms with Gasteiger partial charge in [-0.1, -0.05) is 6.07 Å². The smallest absolute Gasteiger partial charge is 0.410 e. The summed E-state index contributed by atoms with van der Waals surface area (Å²) in [5.74, 6) is 2.33. The summed E-state index contributed by atoms with van der Waals surface area (Å²) in [5.41, 5.74) is 0.357. The number of hydrogen-bond acceptors (Lipinski definition) is 5. The number of carbonyl (C=O) groups excluding carboxylic acids is 1. The standard InChI is InChI=1S/C23H35N7O2.HI/c1-23(2,3)32-22(31)30(16-17-8-9-17)18-10-13-28(14-11-18)21(24-4)25-15-20-27-26-19-7-5-6-12-29(19)20;/h5-7,12,17-18H,8-11,13-16H2,1-4H3,(H,24,25);1H. The first-order chi connectivity index (χ1) is 15.3. The molecule has 9 nitrogen and oxygen atoms in total. The zero-order valence-electron chi connectivity index (χ0n) is 20.0. The molecule has 2 aromatic heterocycles. The number of halogens is 1. The van der Waals surface area contributed by atoms with Crippen LogP contribution < -0.4 is 5.32 Å². The number of carbonyl (C=O) groups is 1. The Morgan fingerprint density at radius 2 is 1.94 bits per heavy atom. The summed E-state index contributed by atoms with van der Waals surface area (Å²) >= 11 is 0. The summed E-state index contributed by atoms with van der Waals surface area (Å²) in [4.78, 5) is 21.6. The number of rotatable bonds is 5. The fourth-order valence-electron chi connectivity index (χ4n) is 4.16. The van der Waals surface area contributed by atoms with Gasteiger partial charge in [-0.15, -0.1) is 34.2 Å². The molecule has 10 heteroatoms. The second-order valence-corrected chi connectivity index (χ2v) is 9.74. The van der Waals surface area contributed by atoms with Gasteiger partial charge in [0.1, 0.15) is 5.60 Å². The first-order valence-corrected chi connectivity index (χ1v) is 11.6. The van der Waals surface area contributed by atoms with Gasteiger partial charge in [0.05, 0.1) is 6.54 Å². The molecule has 2 aromatic rings. The van der Waals surface area contributed by atoms with Crippen LogP contribution in [-0.2, 0) is 11.3 Å². The molecule has 0 aromatic carbocycles. The topological polar surface area (TPSA) is 87.4 Å². The van der Waals surface area contributed by atoms with Crippen molar-refractivity contribution in [2.75, 3.05) is 26.7 Å². The highest BCUT2D eigenvalue weighted by Gasteiger charge is 2.35. The number of amides is 1. The molecule has 0 radical (unpaired) electrons. The van der Waals surface area contributed by atoms with Crippen molar-refractivity contribution in [2.45, 2.75) is 64.6 Å². The Bertz CT molecular complexity index is 959. The van der Waals surface area contributed by atoms with E-state index < -0.39 is 5.60 Å². The molecular formula is C23H36IN7O2. The molecule has 33 heavy (non-hydrogen) atoms. The fraction of sp³-hybridized carbons (Fsp3) is 0.652. The van der Waals surface area contributed by atoms with Gasteiger partial charge in [-0.2, -0.15) is 0 Å². The maximum atomic E-state index is 12.9. The highest BCUT2D eigenvalue weighted by molar-refractivity contribution is 14.0. The number of pyridine rings is 1. The van der Waals surface area contributed by atoms with Crippen LogP contribution in [0.5, 0.6) is 0 Å². The van der Waals surface area contributed by atoms with E-state index in [-0.39, 0.29) is 36.1 Å². The van der Waals surface area contributed by atoms with Crippen LogP contribution in [0.4, 0.5) is 4.79 Å². The van der Waals surface area contributed by atoms with E-state index in [0.29, 0.717) is 12.5 Å². The predicted octanol–water partition coefficient (Wildman–Crippen LogP) is 3.53. The average molecular weight is 569 g/mol. The van der Waals surface area contributed by atoms with Crippen molar-refractivity contribution in [3.63, 3.8) is 0 Å². The molecule has 0 spiro atoms. The molecule has 0 unspecified atom stereocenters. The number of aliphatic imine (C=N–C) groups is 1. The SMILES string of the molecule is CN=C(NCc1nnc2ccccn12)N1CCC(N(CC2CC2)C(=O)OC(C)(C)C)CC1.I. The summed E-state index contributed by atoms with van der Waals surface area (Å²) in [7, 11) is 1.80. The van der Waals surface area contributed by atoms with E-state index >= 15 is 0 Å². The van der Waals surface area contributed by atoms with Crippen LogP contribution in [0, 0.1) is 5.92 Å². The number of piperidine rings is 1. The van der Waals surface area contributed by atoms with E-state index in [0.717, 1.165) is 49.9 Å². The van der Waals surface area contributed by atoms with Crippen molar-refractivity contribution < 1.29 is 9.53 Å². The van der Waals surface area contributed by atoms with E-state index in [2.05, 4.69) is 25.4 Å². The van der Waals surface area contributed by atoms with E-state index in [9.17, 15) is 4.79 Å². The van der Waals surface area contributed by atoms with E-state index in [1.54, 1.807) is 7.05 Å². The summed E-state index contributed by atoms with van der Waals surface area (Å²) in [5, 5.41) is 11.9. The van der Waals surface area contributed by atoms with Gasteiger partial charge in [0.2, 0.25) is 0 Å². The maximum absolute atomic E-state index is 12.9. The number of aromatic nitrogens is 3. The molecule has 3 heterocycles. The molecule has 0 atom stereocenters. The lowest BCUT2D eigenvalue weighted by molar-refractivity contribution is 0.00928. The molecule has 2 fully saturated rings. The third-order valence-electron chi connectivity index (χ3n) is 5.99. The number of nitrogens with one attached hydrogen (secondary N) is 1. The monoisotopic (exact) mass is 569 g/mol. The first kappa shape index (κ1) is 25.5. The third-order valence-corrected chi connectivity index (χ3v) is 5.99. The Morgan fingerprint density at radius 3 is 2.58 bits per heavy atom. The van der Waals surface area contributed by atoms with Gasteiger partial charge < -0.3 is 19.9 Å². The Hall–Kier alpha value is -2.11. The van der Waals surface area contributed by atoms with Crippen molar-refractivity contribution in [2.24, 2.45) is 10.9 Å². The molecule has 2 aliphatic rings. The van der Waals surface area contributed by atoms with Crippen LogP contribution in [0.15, 0.2) is 29.4 Å². The minimum absolute atomic E-state index is 0. The number of fused-ring (bicyclic) bond motifs is 1. The fourth-order valence-corrected chi connectivity index (χ4v) is 4.16. The quantitative estimate of drug-likeness (QED) is 0.337. The lowest BCUT2D eigenvalue weighted by atomic mass is 10.0. The molecule has 1 N–H and O–H groups in total. The van der Waals surface area contributed by atoms with Gasteiger partial charge in [0.15, 0.2) is 17.4 Å². The van der Waals surface area contributed by atoms with Crippen molar-refractivity contribution in [1.82, 2.24) is 29.7 Å². The molecule has 1 aliphatic heterocycles. The predicted molar refractivity (Wildman–Crippen MR) is 139 cm³/mol. The van der Waals surface area contributed by atoms with Gasteiger partial charge in [-0.05, 0) is 64.5 Å². The van der Waals surface area contributed by atoms with Crippen LogP contribution in [0.2, 0.25) is 0 Å². The molecule has 1 saturated carbocycles. The van der Waals surface area contributed by atoms with Gasteiger partial charge in [0.25, 0.3) is 0 Å². The summed E-state index contributed by atoms with van der Waals surface area (Å²) in [6, 6.07) is 6.07. The van der Waals surface area contributed by atoms with Crippen LogP contribution in [0.1, 0.15) is 52.3 Å². The van der Waals surface area contributed by atoms with E-state index in [4.69, 9.17) is 4.74 Å². The number of likely N-dealkylation sites (tertiary alicyclic amines) is 1. The normalized spacial score (nSPS) is 17.6. The Kier molecular flexibility index (Phi) is 8.41. The Labute approximate surface area is 213 Å². The summed E-state index contributed by atoms with van der Waals surface area (Å²) < 4.78 is 7.69. The lowest BCUT2D eigenvalue weighted by Gasteiger charge is -2.40. The number of guanidine groups is 1. The summed E-state index contributed by atoms with van der Waals surface area (Å²) in [6.45, 7) is 8.82. The highest BCUT2D eigenvalue weighted by Crippen LogP contribution is 2.32. The molecule has 0 bridgehead atoms. The number of hydrogen-bond donors (Lipinski definition) is 1. The van der Waals surface area contributed by atoms with Crippen molar-refractivity contribution >= 4 is 41.7 Å². The maximum Gasteiger partial charge on any atom is 0.410 e. The molecule has 1 amide bonds. The first-order valence-electron chi connectivity index (χ1n) is 11.6. The molecular weight excluding hydrogens is 533 g/mol. The molecule has 4 rings (SSSR count). The minimum atomic E-state index is -0.475. The second kappa shape index (κ2) is 10.9. The van der Waals surface area contributed by atoms with Gasteiger partial charge in [-0.3, -0.25) is 9.39 Å². The molecule has 1 saturated heterocycles. The van der Waals surface area contributed by atoms with Crippen molar-refractivity contribution in [3.8, 4) is 0 Å². The van der Waals surface area contributed by atoms with Crippen molar-refractivity contribution in [3.05, 3.63) is 30.2 Å². The van der Waals surface area contributed by atoms with Gasteiger partial charge >= 0.3 is 6.09 Å². The highest BCUT2D eigenvalue weighted by atomic mass is 127. The van der Waals surface area contributed by atoms with Gasteiger partial charge in [-0.25, -0.2) is 4.79 Å². The largest absolute Gasteiger partial charge is 0.444 e. The van der Waals surface area contributed by atoms with Crippen LogP contribution >= 0.6 is 24.0 Å². The van der Waals surface area contributed by atoms with Gasteiger partial charge in [0, 0.05) is 38.9 Å². The van der Waals surface area contributed by atoms with Crippen LogP contribution in [-0.4, -0.2) is 74.8 Å². The molecule has 182 valence electrons. The lowest BCUT2D eigenvalue weighted by Crippen LogP contribution is -2.52. The van der Waals surface area contributed by atoms with E-state index in [1.165, 1.54) is 12.8 Å².